The van der Waals surface area contributed by atoms with Crippen molar-refractivity contribution in [2.24, 2.45) is 0 Å². The van der Waals surface area contributed by atoms with Gasteiger partial charge in [0.2, 0.25) is 5.95 Å². The topological polar surface area (TPSA) is 290 Å². The van der Waals surface area contributed by atoms with E-state index < -0.39 is 100 Å². The zero-order valence-electron chi connectivity index (χ0n) is 22.7. The summed E-state index contributed by atoms with van der Waals surface area (Å²) in [7, 11) is -10.5. The third-order valence-electron chi connectivity index (χ3n) is 7.46. The molecule has 0 spiro atoms. The van der Waals surface area contributed by atoms with Crippen molar-refractivity contribution in [2.45, 2.75) is 49.1 Å². The molecule has 0 aromatic carbocycles. The van der Waals surface area contributed by atoms with Crippen LogP contribution in [-0.4, -0.2) is 98.9 Å². The van der Waals surface area contributed by atoms with Crippen LogP contribution < -0.4 is 16.9 Å². The number of halogens is 2. The monoisotopic (exact) mass is 694 g/mol. The average Bonchev–Trinajstić information content (AvgIpc) is 3.71. The number of aliphatic hydroxyl groups is 1. The van der Waals surface area contributed by atoms with Gasteiger partial charge in [-0.2, -0.15) is 4.98 Å². The van der Waals surface area contributed by atoms with Crippen molar-refractivity contribution in [1.82, 2.24) is 34.1 Å². The van der Waals surface area contributed by atoms with Gasteiger partial charge in [0.15, 0.2) is 41.3 Å². The van der Waals surface area contributed by atoms with Gasteiger partial charge in [0.25, 0.3) is 11.1 Å². The average molecular weight is 694 g/mol. The molecule has 3 saturated heterocycles. The number of anilines is 1. The Morgan fingerprint density at radius 2 is 1.63 bits per heavy atom. The first-order chi connectivity index (χ1) is 21.7. The fraction of sp³-hybridized carbons (Fsp3) is 0.476. The quantitative estimate of drug-likeness (QED) is 0.138. The van der Waals surface area contributed by atoms with E-state index in [4.69, 9.17) is 33.3 Å². The van der Waals surface area contributed by atoms with E-state index in [9.17, 15) is 38.0 Å². The largest absolute Gasteiger partial charge is 0.472 e. The van der Waals surface area contributed by atoms with Crippen LogP contribution in [0.3, 0.4) is 0 Å². The van der Waals surface area contributed by atoms with Crippen LogP contribution in [0, 0.1) is 5.82 Å². The zero-order chi connectivity index (χ0) is 32.7. The Balaban J connectivity index is 1.22. The number of aliphatic hydroxyl groups excluding tert-OH is 1. The molecule has 0 amide bonds. The number of ether oxygens (including phenoxy) is 2. The van der Waals surface area contributed by atoms with Crippen LogP contribution >= 0.6 is 15.6 Å². The first-order valence-corrected chi connectivity index (χ1v) is 16.1. The summed E-state index contributed by atoms with van der Waals surface area (Å²) < 4.78 is 90.2. The molecular weight excluding hydrogens is 672 g/mol. The number of hydrogen-bond donors (Lipinski definition) is 6. The third-order valence-corrected chi connectivity index (χ3v) is 9.43. The Kier molecular flexibility index (Phi) is 7.49. The lowest BCUT2D eigenvalue weighted by atomic mass is 10.1. The van der Waals surface area contributed by atoms with Crippen LogP contribution in [-0.2, 0) is 36.7 Å². The predicted octanol–water partition coefficient (Wildman–Crippen LogP) is -0.909. The molecule has 2 bridgehead atoms. The highest BCUT2D eigenvalue weighted by Gasteiger charge is 2.54. The van der Waals surface area contributed by atoms with Gasteiger partial charge in [0.1, 0.15) is 35.9 Å². The number of hydrogen-bond acceptors (Lipinski definition) is 15. The zero-order valence-corrected chi connectivity index (χ0v) is 24.4. The number of phosphoric acid groups is 2. The molecule has 2 unspecified atom stereocenters. The Morgan fingerprint density at radius 1 is 0.957 bits per heavy atom. The van der Waals surface area contributed by atoms with E-state index in [0.29, 0.717) is 0 Å². The van der Waals surface area contributed by atoms with E-state index in [1.165, 1.54) is 0 Å². The van der Waals surface area contributed by atoms with Crippen LogP contribution in [0.2, 0.25) is 0 Å². The van der Waals surface area contributed by atoms with Crippen molar-refractivity contribution in [2.75, 3.05) is 18.9 Å². The molecule has 7 rings (SSSR count). The lowest BCUT2D eigenvalue weighted by Crippen LogP contribution is -2.35. The summed E-state index contributed by atoms with van der Waals surface area (Å²) >= 11 is 0. The number of aromatic amines is 2. The number of alkyl halides is 1. The fourth-order valence-electron chi connectivity index (χ4n) is 5.45. The van der Waals surface area contributed by atoms with E-state index in [2.05, 4.69) is 24.9 Å². The van der Waals surface area contributed by atoms with Crippen molar-refractivity contribution < 1.29 is 60.4 Å². The fourth-order valence-corrected chi connectivity index (χ4v) is 7.34. The molecule has 3 aliphatic heterocycles. The summed E-state index contributed by atoms with van der Waals surface area (Å²) in [5.41, 5.74) is 3.22. The minimum absolute atomic E-state index is 0.220. The normalized spacial score (nSPS) is 37.2. The molecule has 4 aromatic rings. The van der Waals surface area contributed by atoms with E-state index >= 15 is 4.39 Å². The Morgan fingerprint density at radius 3 is 2.37 bits per heavy atom. The maximum Gasteiger partial charge on any atom is 0.472 e. The van der Waals surface area contributed by atoms with Crippen molar-refractivity contribution in [3.8, 4) is 0 Å². The number of H-pyrrole nitrogens is 2. The highest BCUT2D eigenvalue weighted by atomic mass is 31.2. The van der Waals surface area contributed by atoms with Gasteiger partial charge in [-0.15, -0.1) is 0 Å². The van der Waals surface area contributed by atoms with Crippen molar-refractivity contribution in [1.29, 1.82) is 0 Å². The Bertz CT molecular complexity index is 2050. The maximum atomic E-state index is 15.9. The second-order valence-electron chi connectivity index (χ2n) is 10.3. The number of aromatic nitrogens is 7. The van der Waals surface area contributed by atoms with E-state index in [-0.39, 0.29) is 22.8 Å². The Hall–Kier alpha value is -3.47. The number of imidazole rings is 1. The predicted molar refractivity (Wildman–Crippen MR) is 143 cm³/mol. The van der Waals surface area contributed by atoms with Gasteiger partial charge in [-0.05, 0) is 0 Å². The van der Waals surface area contributed by atoms with Gasteiger partial charge in [-0.1, -0.05) is 0 Å². The molecule has 3 aliphatic rings. The molecule has 0 aliphatic carbocycles. The summed E-state index contributed by atoms with van der Waals surface area (Å²) in [4.78, 5) is 61.6. The highest BCUT2D eigenvalue weighted by molar-refractivity contribution is 7.47. The van der Waals surface area contributed by atoms with Gasteiger partial charge in [-0.25, -0.2) is 27.9 Å². The number of fused-ring (bicyclic) bond motifs is 5. The van der Waals surface area contributed by atoms with Crippen LogP contribution in [0.5, 0.6) is 0 Å². The van der Waals surface area contributed by atoms with Crippen molar-refractivity contribution in [3.05, 3.63) is 45.4 Å². The molecule has 3 fully saturated rings. The molecule has 248 valence electrons. The molecule has 25 heteroatoms. The first kappa shape index (κ1) is 31.1. The minimum Gasteiger partial charge on any atom is -0.387 e. The van der Waals surface area contributed by atoms with Gasteiger partial charge < -0.3 is 39.7 Å². The summed E-state index contributed by atoms with van der Waals surface area (Å²) in [6.07, 6.45) is -12.0. The first-order valence-electron chi connectivity index (χ1n) is 13.1. The van der Waals surface area contributed by atoms with E-state index in [0.717, 1.165) is 28.0 Å². The molecule has 46 heavy (non-hydrogen) atoms. The van der Waals surface area contributed by atoms with Gasteiger partial charge >= 0.3 is 15.6 Å². The number of phosphoric ester groups is 2. The second kappa shape index (κ2) is 11.1. The summed E-state index contributed by atoms with van der Waals surface area (Å²) in [5, 5.41) is 10.4. The van der Waals surface area contributed by atoms with Gasteiger partial charge in [-0.3, -0.25) is 37.2 Å². The number of nitrogens with one attached hydrogen (secondary N) is 2. The van der Waals surface area contributed by atoms with Crippen LogP contribution in [0.4, 0.5) is 14.7 Å². The number of nitrogen functional groups attached to an aromatic ring is 1. The molecule has 7 heterocycles. The third kappa shape index (κ3) is 5.28. The summed E-state index contributed by atoms with van der Waals surface area (Å²) in [6.45, 7) is -1.94. The van der Waals surface area contributed by atoms with Gasteiger partial charge in [0.05, 0.1) is 25.9 Å². The molecule has 4 aromatic heterocycles. The molecule has 10 atom stereocenters. The van der Waals surface area contributed by atoms with Crippen LogP contribution in [0.1, 0.15) is 12.5 Å². The van der Waals surface area contributed by atoms with E-state index in [1.807, 2.05) is 0 Å². The standard InChI is InChI=1S/C21H22F2N8O13P2/c22-6-1-30(15-9(6)17(33)26-4-25-15)20-14-12(32)7(41-20)2-39-45(35,36)43-13-8(3-40-46(37,38)44-14)42-19(10(13)23)31-5-27-11-16(31)28-21(24)29-18(11)34/h1,4-5,7-8,10,12-14,19-20,32H,2-3H2,(H,35,36)(H,37,38)(H,25,26,33)(H3,24,28,29,34)/t7-,8-,10-,12-,13-,14-,19-,20-/m1/s1. The molecule has 0 saturated carbocycles. The van der Waals surface area contributed by atoms with Crippen molar-refractivity contribution >= 4 is 43.8 Å². The summed E-state index contributed by atoms with van der Waals surface area (Å²) in [5.74, 6) is -1.39. The number of nitrogens with zero attached hydrogens (tertiary/aromatic N) is 5. The SMILES string of the molecule is Nc1nc2c(ncn2[C@@H]2O[C@@H]3COP(=O)(O)O[C@@H]4[C@H](O)[C@@H](COP(=O)(O)O[C@H]3[C@H]2F)O[C@H]4n2cc(F)c3c(=O)[nH]cnc32)c(=O)[nH]1. The minimum atomic E-state index is -5.25. The van der Waals surface area contributed by atoms with Crippen molar-refractivity contribution in [3.63, 3.8) is 0 Å². The van der Waals surface area contributed by atoms with Crippen LogP contribution in [0.25, 0.3) is 22.2 Å². The van der Waals surface area contributed by atoms with E-state index in [1.54, 1.807) is 0 Å². The molecular formula is C21H22F2N8O13P2. The number of rotatable bonds is 2. The Labute approximate surface area is 252 Å². The second-order valence-corrected chi connectivity index (χ2v) is 13.1. The smallest absolute Gasteiger partial charge is 0.387 e. The van der Waals surface area contributed by atoms with Gasteiger partial charge in [0, 0.05) is 6.20 Å². The molecule has 21 nitrogen and oxygen atoms in total. The lowest BCUT2D eigenvalue weighted by Gasteiger charge is -2.25. The maximum absolute atomic E-state index is 15.9. The summed E-state index contributed by atoms with van der Waals surface area (Å²) in [6, 6.07) is 0. The molecule has 0 radical (unpaired) electrons. The lowest BCUT2D eigenvalue weighted by molar-refractivity contribution is -0.0670. The molecule has 7 N–H and O–H groups in total. The number of nitrogens with two attached hydrogens (primary N) is 1. The highest BCUT2D eigenvalue weighted by Crippen LogP contribution is 2.54. The van der Waals surface area contributed by atoms with Crippen LogP contribution in [0.15, 0.2) is 28.4 Å².